The zero-order valence-electron chi connectivity index (χ0n) is 24.4. The number of unbranched alkanes of at least 4 members (excludes halogenated alkanes) is 4. The van der Waals surface area contributed by atoms with Crippen molar-refractivity contribution in [1.82, 2.24) is 5.32 Å². The number of carbonyl (C=O) groups is 1. The Bertz CT molecular complexity index is 1170. The van der Waals surface area contributed by atoms with Crippen molar-refractivity contribution in [3.05, 3.63) is 89.0 Å². The summed E-state index contributed by atoms with van der Waals surface area (Å²) in [5, 5.41) is 50.1. The van der Waals surface area contributed by atoms with Gasteiger partial charge in [0.05, 0.1) is 19.8 Å². The minimum Gasteiger partial charge on any atom is -0.508 e. The number of aromatic hydroxyl groups is 2. The van der Waals surface area contributed by atoms with Gasteiger partial charge in [-0.25, -0.2) is 4.79 Å². The molecule has 6 N–H and O–H groups in total. The van der Waals surface area contributed by atoms with Crippen molar-refractivity contribution in [3.8, 4) is 17.2 Å². The monoisotopic (exact) mass is 583 g/mol. The Morgan fingerprint density at radius 1 is 0.881 bits per heavy atom. The molecular formula is C33H45NO8. The van der Waals surface area contributed by atoms with Crippen molar-refractivity contribution >= 4 is 5.97 Å². The second-order valence-corrected chi connectivity index (χ2v) is 9.90. The molecule has 1 unspecified atom stereocenters. The molecule has 9 heteroatoms. The zero-order chi connectivity index (χ0) is 30.6. The summed E-state index contributed by atoms with van der Waals surface area (Å²) in [6, 6.07) is 19.7. The first-order valence-corrected chi connectivity index (χ1v) is 14.4. The van der Waals surface area contributed by atoms with E-state index in [-0.39, 0.29) is 29.4 Å². The number of para-hydroxylation sites is 1. The molecule has 9 nitrogen and oxygen atoms in total. The Hall–Kier alpha value is -3.63. The number of benzene rings is 3. The van der Waals surface area contributed by atoms with Crippen LogP contribution in [0.2, 0.25) is 0 Å². The largest absolute Gasteiger partial charge is 0.508 e. The minimum absolute atomic E-state index is 0.0533. The highest BCUT2D eigenvalue weighted by Gasteiger charge is 2.12. The first kappa shape index (κ1) is 34.6. The predicted octanol–water partition coefficient (Wildman–Crippen LogP) is 5.21. The van der Waals surface area contributed by atoms with Crippen molar-refractivity contribution in [1.29, 1.82) is 0 Å². The van der Waals surface area contributed by atoms with E-state index in [0.29, 0.717) is 17.7 Å². The Morgan fingerprint density at radius 2 is 1.60 bits per heavy atom. The molecule has 0 radical (unpaired) electrons. The Balaban J connectivity index is 0.000000428. The number of rotatable bonds is 18. The summed E-state index contributed by atoms with van der Waals surface area (Å²) >= 11 is 0. The lowest BCUT2D eigenvalue weighted by Gasteiger charge is -2.14. The second kappa shape index (κ2) is 20.3. The second-order valence-electron chi connectivity index (χ2n) is 9.90. The molecule has 3 aromatic rings. The lowest BCUT2D eigenvalue weighted by molar-refractivity contribution is 0.0693. The van der Waals surface area contributed by atoms with Crippen LogP contribution in [0.5, 0.6) is 17.2 Å². The van der Waals surface area contributed by atoms with Gasteiger partial charge in [0.15, 0.2) is 11.5 Å². The van der Waals surface area contributed by atoms with Crippen LogP contribution in [0, 0.1) is 0 Å². The maximum atomic E-state index is 10.5. The van der Waals surface area contributed by atoms with Crippen molar-refractivity contribution < 1.29 is 39.8 Å². The van der Waals surface area contributed by atoms with Gasteiger partial charge in [-0.1, -0.05) is 55.3 Å². The molecule has 0 aromatic heterocycles. The van der Waals surface area contributed by atoms with Crippen molar-refractivity contribution in [3.63, 3.8) is 0 Å². The van der Waals surface area contributed by atoms with Crippen molar-refractivity contribution in [2.24, 2.45) is 0 Å². The van der Waals surface area contributed by atoms with Crippen LogP contribution < -0.4 is 10.1 Å². The van der Waals surface area contributed by atoms with E-state index in [9.17, 15) is 25.2 Å². The SMILES string of the molecule is COc1cccc(C(=O)O)c1O.OCc1cc(C(O)CNCCCCCCOCCCCc2ccccc2)ccc1O. The molecule has 0 saturated heterocycles. The van der Waals surface area contributed by atoms with E-state index in [0.717, 1.165) is 58.3 Å². The number of hydrogen-bond acceptors (Lipinski definition) is 8. The number of hydrogen-bond donors (Lipinski definition) is 6. The highest BCUT2D eigenvalue weighted by Crippen LogP contribution is 2.29. The molecule has 0 heterocycles. The molecule has 1 atom stereocenters. The highest BCUT2D eigenvalue weighted by atomic mass is 16.5. The van der Waals surface area contributed by atoms with Gasteiger partial charge in [-0.15, -0.1) is 0 Å². The number of aryl methyl sites for hydroxylation is 1. The Morgan fingerprint density at radius 3 is 2.29 bits per heavy atom. The van der Waals surface area contributed by atoms with E-state index in [1.165, 1.54) is 43.4 Å². The van der Waals surface area contributed by atoms with Crippen LogP contribution in [0.1, 0.15) is 71.7 Å². The number of nitrogens with one attached hydrogen (secondary N) is 1. The molecule has 0 aliphatic rings. The third kappa shape index (κ3) is 12.9. The first-order valence-electron chi connectivity index (χ1n) is 14.4. The number of ether oxygens (including phenoxy) is 2. The summed E-state index contributed by atoms with van der Waals surface area (Å²) < 4.78 is 10.4. The van der Waals surface area contributed by atoms with Gasteiger partial charge in [-0.05, 0) is 74.0 Å². The van der Waals surface area contributed by atoms with Gasteiger partial charge < -0.3 is 40.3 Å². The first-order chi connectivity index (χ1) is 20.4. The smallest absolute Gasteiger partial charge is 0.339 e. The summed E-state index contributed by atoms with van der Waals surface area (Å²) in [6.07, 6.45) is 7.24. The fourth-order valence-corrected chi connectivity index (χ4v) is 4.24. The lowest BCUT2D eigenvalue weighted by Crippen LogP contribution is -2.22. The molecule has 0 bridgehead atoms. The van der Waals surface area contributed by atoms with Gasteiger partial charge in [0, 0.05) is 25.3 Å². The molecule has 3 aromatic carbocycles. The zero-order valence-corrected chi connectivity index (χ0v) is 24.4. The third-order valence-corrected chi connectivity index (χ3v) is 6.68. The standard InChI is InChI=1S/C25H37NO4.C8H8O4/c27-20-23-18-22(13-14-24(23)28)25(29)19-26-15-7-1-2-8-16-30-17-9-6-12-21-10-4-3-5-11-21;1-12-6-4-2-3-5(7(6)9)8(10)11/h3-5,10-11,13-14,18,25-29H,1-2,6-9,12,15-17,19-20H2;2-4,9H,1H3,(H,10,11). The molecule has 0 spiro atoms. The Labute approximate surface area is 248 Å². The number of carboxylic acid groups (broad SMARTS) is 1. The maximum absolute atomic E-state index is 10.5. The number of aromatic carboxylic acids is 1. The molecule has 0 amide bonds. The summed E-state index contributed by atoms with van der Waals surface area (Å²) in [4.78, 5) is 10.5. The molecule has 0 aliphatic carbocycles. The summed E-state index contributed by atoms with van der Waals surface area (Å²) in [5.74, 6) is -1.30. The predicted molar refractivity (Wildman–Crippen MR) is 162 cm³/mol. The van der Waals surface area contributed by atoms with Gasteiger partial charge in [0.25, 0.3) is 0 Å². The number of aliphatic hydroxyl groups excluding tert-OH is 2. The van der Waals surface area contributed by atoms with E-state index in [1.807, 2.05) is 0 Å². The maximum Gasteiger partial charge on any atom is 0.339 e. The van der Waals surface area contributed by atoms with Gasteiger partial charge in [0.2, 0.25) is 0 Å². The van der Waals surface area contributed by atoms with E-state index < -0.39 is 12.1 Å². The third-order valence-electron chi connectivity index (χ3n) is 6.68. The molecule has 0 saturated carbocycles. The molecule has 3 rings (SSSR count). The van der Waals surface area contributed by atoms with Crippen LogP contribution in [0.15, 0.2) is 66.7 Å². The normalized spacial score (nSPS) is 11.4. The Kier molecular flexibility index (Phi) is 16.7. The summed E-state index contributed by atoms with van der Waals surface area (Å²) in [5.41, 5.74) is 2.38. The summed E-state index contributed by atoms with van der Waals surface area (Å²) in [7, 11) is 1.36. The van der Waals surface area contributed by atoms with E-state index in [2.05, 4.69) is 35.6 Å². The molecular weight excluding hydrogens is 538 g/mol. The van der Waals surface area contributed by atoms with Crippen LogP contribution >= 0.6 is 0 Å². The van der Waals surface area contributed by atoms with E-state index in [1.54, 1.807) is 12.1 Å². The van der Waals surface area contributed by atoms with E-state index >= 15 is 0 Å². The van der Waals surface area contributed by atoms with Crippen LogP contribution in [-0.4, -0.2) is 64.9 Å². The highest BCUT2D eigenvalue weighted by molar-refractivity contribution is 5.91. The van der Waals surface area contributed by atoms with Crippen molar-refractivity contribution in [2.45, 2.75) is 57.7 Å². The molecule has 0 aliphatic heterocycles. The fourth-order valence-electron chi connectivity index (χ4n) is 4.24. The van der Waals surface area contributed by atoms with Gasteiger partial charge >= 0.3 is 5.97 Å². The van der Waals surface area contributed by atoms with Crippen LogP contribution in [0.4, 0.5) is 0 Å². The summed E-state index contributed by atoms with van der Waals surface area (Å²) in [6.45, 7) is 2.77. The van der Waals surface area contributed by atoms with Crippen molar-refractivity contribution in [2.75, 3.05) is 33.4 Å². The molecule has 42 heavy (non-hydrogen) atoms. The van der Waals surface area contributed by atoms with Crippen LogP contribution in [0.3, 0.4) is 0 Å². The van der Waals surface area contributed by atoms with Gasteiger partial charge in [-0.3, -0.25) is 0 Å². The van der Waals surface area contributed by atoms with Gasteiger partial charge in [0.1, 0.15) is 11.3 Å². The lowest BCUT2D eigenvalue weighted by atomic mass is 10.1. The van der Waals surface area contributed by atoms with Crippen LogP contribution in [-0.2, 0) is 17.8 Å². The number of carboxylic acids is 1. The number of phenols is 2. The quantitative estimate of drug-likeness (QED) is 0.111. The molecule has 230 valence electrons. The van der Waals surface area contributed by atoms with Gasteiger partial charge in [-0.2, -0.15) is 0 Å². The average Bonchev–Trinajstić information content (AvgIpc) is 3.00. The topological polar surface area (TPSA) is 149 Å². The van der Waals surface area contributed by atoms with E-state index in [4.69, 9.17) is 14.6 Å². The number of aliphatic hydroxyl groups is 2. The molecule has 0 fully saturated rings. The minimum atomic E-state index is -1.17. The number of methoxy groups -OCH3 is 1. The average molecular weight is 584 g/mol. The van der Waals surface area contributed by atoms with Crippen LogP contribution in [0.25, 0.3) is 0 Å². The fraction of sp³-hybridized carbons (Fsp3) is 0.424.